The first-order valence-electron chi connectivity index (χ1n) is 14.2. The van der Waals surface area contributed by atoms with Gasteiger partial charge in [-0.15, -0.1) is 0 Å². The van der Waals surface area contributed by atoms with E-state index in [0.29, 0.717) is 0 Å². The topological polar surface area (TPSA) is 316 Å². The van der Waals surface area contributed by atoms with Crippen LogP contribution in [0.15, 0.2) is 0 Å². The smallest absolute Gasteiger partial charge is 0.243 e. The monoisotopic (exact) mass is 834 g/mol. The number of rotatable bonds is 9. The summed E-state index contributed by atoms with van der Waals surface area (Å²) in [5, 5.41) is 50.5. The van der Waals surface area contributed by atoms with Crippen LogP contribution in [0.3, 0.4) is 0 Å². The molecule has 10 N–H and O–H groups in total. The molecule has 50 heavy (non-hydrogen) atoms. The van der Waals surface area contributed by atoms with E-state index in [2.05, 4.69) is 45.9 Å². The predicted molar refractivity (Wildman–Crippen MR) is 158 cm³/mol. The summed E-state index contributed by atoms with van der Waals surface area (Å²) < 4.78 is 0. The number of aliphatic hydroxyl groups excluding tert-OH is 1. The molecule has 0 aromatic carbocycles. The van der Waals surface area contributed by atoms with Gasteiger partial charge in [-0.1, -0.05) is 0 Å². The standard InChI is InChI=1S/C25H40N9O12.CH3O.Fe.Y/c1-13-22(40)26-12-21(39)29-18(6-9-33(45)15(3)36)24(42)31-19(7-10-34(46)16(4)37)25(43)30-17(5-8-32(44)14(2)35)23(41)27-11-20(38)28-13;1-2;;/h13,17-19,44-46H,1,5-12H2,2-4H3,(H,26,40)(H,27,41)(H,28,38)(H,29,39)(H,30,43)(H,31,42);2H,1H2;;/q2*-1;;/t13?,17-,18-,19-;;;/m0.../s1. The number of aliphatic hydroxyl groups is 1. The van der Waals surface area contributed by atoms with Crippen molar-refractivity contribution < 1.29 is 114 Å². The molecule has 1 unspecified atom stereocenters. The van der Waals surface area contributed by atoms with Crippen LogP contribution in [-0.4, -0.2) is 146 Å². The fourth-order valence-corrected chi connectivity index (χ4v) is 3.72. The van der Waals surface area contributed by atoms with E-state index < -0.39 is 129 Å². The Bertz CT molecular complexity index is 1180. The maximum atomic E-state index is 13.4. The van der Waals surface area contributed by atoms with E-state index in [0.717, 1.165) is 20.8 Å². The molecule has 1 saturated heterocycles. The van der Waals surface area contributed by atoms with Gasteiger partial charge in [0.05, 0.1) is 32.7 Å². The second-order valence-electron chi connectivity index (χ2n) is 10.1. The molecule has 1 rings (SSSR count). The van der Waals surface area contributed by atoms with Crippen LogP contribution in [0.2, 0.25) is 0 Å². The predicted octanol–water partition coefficient (Wildman–Crippen LogP) is -4.97. The summed E-state index contributed by atoms with van der Waals surface area (Å²) in [7, 11) is 2.25. The third kappa shape index (κ3) is 19.8. The van der Waals surface area contributed by atoms with Gasteiger partial charge in [0.15, 0.2) is 0 Å². The summed E-state index contributed by atoms with van der Waals surface area (Å²) in [6, 6.07) is -6.08. The number of amides is 9. The molecule has 0 aliphatic carbocycles. The van der Waals surface area contributed by atoms with Gasteiger partial charge in [-0.05, 0) is 25.3 Å². The molecule has 4 atom stereocenters. The van der Waals surface area contributed by atoms with Gasteiger partial charge in [-0.25, -0.2) is 22.3 Å². The Balaban J connectivity index is -0.00000541. The Morgan fingerprint density at radius 1 is 0.600 bits per heavy atom. The van der Waals surface area contributed by atoms with E-state index in [-0.39, 0.29) is 65.0 Å². The van der Waals surface area contributed by atoms with Crippen molar-refractivity contribution in [3.8, 4) is 0 Å². The number of hydrogen-bond acceptors (Lipinski definition) is 13. The van der Waals surface area contributed by atoms with Gasteiger partial charge < -0.3 is 43.9 Å². The van der Waals surface area contributed by atoms with Crippen molar-refractivity contribution in [1.29, 1.82) is 0 Å². The summed E-state index contributed by atoms with van der Waals surface area (Å²) in [6.45, 7) is 3.69. The third-order valence-corrected chi connectivity index (χ3v) is 6.39. The fourth-order valence-electron chi connectivity index (χ4n) is 3.72. The Labute approximate surface area is 323 Å². The fraction of sp³-hybridized carbons (Fsp3) is 0.577. The zero-order valence-corrected chi connectivity index (χ0v) is 31.6. The van der Waals surface area contributed by atoms with Crippen molar-refractivity contribution in [2.45, 2.75) is 64.2 Å². The van der Waals surface area contributed by atoms with Crippen LogP contribution >= 0.6 is 0 Å². The zero-order chi connectivity index (χ0) is 37.1. The maximum absolute atomic E-state index is 13.4. The van der Waals surface area contributed by atoms with Gasteiger partial charge >= 0.3 is 0 Å². The van der Waals surface area contributed by atoms with Crippen LogP contribution in [0.25, 0.3) is 0 Å². The molecule has 0 aromatic heterocycles. The van der Waals surface area contributed by atoms with Gasteiger partial charge in [0.2, 0.25) is 53.2 Å². The van der Waals surface area contributed by atoms with Crippen LogP contribution in [0.5, 0.6) is 0 Å². The number of nitrogens with one attached hydrogen (secondary N) is 6. The Morgan fingerprint density at radius 3 is 1.26 bits per heavy atom. The van der Waals surface area contributed by atoms with Crippen molar-refractivity contribution in [3.05, 3.63) is 14.0 Å². The van der Waals surface area contributed by atoms with E-state index in [9.17, 15) is 58.8 Å². The van der Waals surface area contributed by atoms with Crippen LogP contribution in [0.1, 0.15) is 40.0 Å². The largest absolute Gasteiger partial charge is 0.569 e. The first kappa shape index (κ1) is 51.1. The minimum absolute atomic E-state index is 0. The van der Waals surface area contributed by atoms with Gasteiger partial charge in [0, 0.05) is 70.5 Å². The van der Waals surface area contributed by atoms with Gasteiger partial charge in [-0.2, -0.15) is 0 Å². The second kappa shape index (κ2) is 26.5. The minimum Gasteiger partial charge on any atom is -0.569 e. The molecule has 0 saturated carbocycles. The summed E-state index contributed by atoms with van der Waals surface area (Å²) in [5.74, 6) is -8.16. The summed E-state index contributed by atoms with van der Waals surface area (Å²) in [5.41, 5.74) is 0. The van der Waals surface area contributed by atoms with Crippen molar-refractivity contribution in [2.24, 2.45) is 0 Å². The van der Waals surface area contributed by atoms with E-state index in [1.54, 1.807) is 0 Å². The number of carbonyl (C=O) groups is 9. The molecule has 9 amide bonds. The molecule has 0 aromatic rings. The van der Waals surface area contributed by atoms with Gasteiger partial charge in [0.1, 0.15) is 18.1 Å². The summed E-state index contributed by atoms with van der Waals surface area (Å²) in [6.07, 6.45) is -1.23. The Hall–Kier alpha value is -3.31. The molecular formula is C26H43FeN9O13Y-2. The average molecular weight is 834 g/mol. The van der Waals surface area contributed by atoms with Gasteiger partial charge in [0.25, 0.3) is 0 Å². The van der Waals surface area contributed by atoms with Gasteiger partial charge in [-0.3, -0.25) is 58.8 Å². The SMILES string of the molecule is [CH2-]C1NC(=O)CNC(=O)[C@H](CCN(O)C(C)=O)NC(=O)[C@H](CCN(O)C(C)=O)NC(=O)[C@H](CCN(O)C(C)=O)NC(=O)CNC1=O.[CH2-]O.[Fe].[Y]. The van der Waals surface area contributed by atoms with E-state index >= 15 is 0 Å². The number of nitrogens with zero attached hydrogens (tertiary/aromatic N) is 3. The second-order valence-corrected chi connectivity index (χ2v) is 10.1. The van der Waals surface area contributed by atoms with Crippen LogP contribution < -0.4 is 31.9 Å². The molecule has 0 spiro atoms. The molecule has 1 fully saturated rings. The average Bonchev–Trinajstić information content (AvgIpc) is 3.03. The summed E-state index contributed by atoms with van der Waals surface area (Å²) in [4.78, 5) is 111. The first-order valence-corrected chi connectivity index (χ1v) is 14.2. The molecule has 1 aliphatic heterocycles. The molecular weight excluding hydrogens is 791 g/mol. The quantitative estimate of drug-likeness (QED) is 0.0451. The molecule has 1 heterocycles. The Kier molecular flexibility index (Phi) is 27.1. The number of hydroxylamine groups is 6. The van der Waals surface area contributed by atoms with Crippen molar-refractivity contribution in [1.82, 2.24) is 47.1 Å². The Morgan fingerprint density at radius 2 is 0.900 bits per heavy atom. The molecule has 22 nitrogen and oxygen atoms in total. The summed E-state index contributed by atoms with van der Waals surface area (Å²) >= 11 is 0. The molecule has 1 radical (unpaired) electrons. The minimum atomic E-state index is -1.60. The van der Waals surface area contributed by atoms with Crippen molar-refractivity contribution >= 4 is 53.2 Å². The molecule has 24 heteroatoms. The normalized spacial score (nSPS) is 20.3. The third-order valence-electron chi connectivity index (χ3n) is 6.39. The molecule has 1 aliphatic rings. The first-order chi connectivity index (χ1) is 22.4. The van der Waals surface area contributed by atoms with Crippen molar-refractivity contribution in [3.63, 3.8) is 0 Å². The van der Waals surface area contributed by atoms with Crippen LogP contribution in [0, 0.1) is 14.0 Å². The van der Waals surface area contributed by atoms with E-state index in [4.69, 9.17) is 5.11 Å². The number of carbonyl (C=O) groups excluding carboxylic acids is 9. The van der Waals surface area contributed by atoms with E-state index in [1.165, 1.54) is 0 Å². The van der Waals surface area contributed by atoms with Crippen LogP contribution in [-0.2, 0) is 92.9 Å². The molecule has 283 valence electrons. The van der Waals surface area contributed by atoms with Crippen LogP contribution in [0.4, 0.5) is 0 Å². The number of hydrogen-bond donors (Lipinski definition) is 10. The zero-order valence-electron chi connectivity index (χ0n) is 27.6. The van der Waals surface area contributed by atoms with E-state index in [1.807, 2.05) is 0 Å². The van der Waals surface area contributed by atoms with Crippen molar-refractivity contribution in [2.75, 3.05) is 32.7 Å². The maximum Gasteiger partial charge on any atom is 0.243 e. The molecule has 0 bridgehead atoms.